The zero-order chi connectivity index (χ0) is 10.8. The number of aromatic nitrogens is 1. The number of hydrogen-bond acceptors (Lipinski definition) is 4. The van der Waals surface area contributed by atoms with Crippen molar-refractivity contribution in [3.05, 3.63) is 30.0 Å². The highest BCUT2D eigenvalue weighted by molar-refractivity contribution is 5.88. The number of nitrogen functional groups attached to an aromatic ring is 1. The maximum absolute atomic E-state index is 8.74. The van der Waals surface area contributed by atoms with Crippen molar-refractivity contribution in [2.75, 3.05) is 12.8 Å². The molecule has 2 aromatic rings. The van der Waals surface area contributed by atoms with Gasteiger partial charge in [-0.25, -0.2) is 0 Å². The van der Waals surface area contributed by atoms with E-state index in [-0.39, 0.29) is 0 Å². The van der Waals surface area contributed by atoms with Crippen LogP contribution in [0.5, 0.6) is 5.75 Å². The lowest BCUT2D eigenvalue weighted by molar-refractivity contribution is 0.419. The molecule has 4 nitrogen and oxygen atoms in total. The van der Waals surface area contributed by atoms with Gasteiger partial charge in [0.1, 0.15) is 17.3 Å². The van der Waals surface area contributed by atoms with Crippen LogP contribution in [0.3, 0.4) is 0 Å². The molecule has 0 aliphatic heterocycles. The van der Waals surface area contributed by atoms with Crippen LogP contribution in [0.25, 0.3) is 10.9 Å². The number of nitrogens with two attached hydrogens (primary N) is 1. The average Bonchev–Trinajstić information content (AvgIpc) is 2.26. The predicted octanol–water partition coefficient (Wildman–Crippen LogP) is 1.70. The standard InChI is InChI=1S/C11H9N3O/c1-15-10-4-9(13)3-8-2-7(5-12)6-14-11(8)10/h2-4,6H,13H2,1H3. The van der Waals surface area contributed by atoms with E-state index in [9.17, 15) is 0 Å². The molecule has 0 bridgehead atoms. The van der Waals surface area contributed by atoms with Crippen LogP contribution in [0, 0.1) is 11.3 Å². The smallest absolute Gasteiger partial charge is 0.147 e. The molecule has 1 aromatic carbocycles. The Labute approximate surface area is 86.9 Å². The number of benzene rings is 1. The van der Waals surface area contributed by atoms with E-state index in [2.05, 4.69) is 4.98 Å². The van der Waals surface area contributed by atoms with Crippen LogP contribution in [0.4, 0.5) is 5.69 Å². The third-order valence-corrected chi connectivity index (χ3v) is 2.12. The summed E-state index contributed by atoms with van der Waals surface area (Å²) in [6, 6.07) is 7.25. The molecule has 0 atom stereocenters. The van der Waals surface area contributed by atoms with Gasteiger partial charge in [-0.15, -0.1) is 0 Å². The SMILES string of the molecule is COc1cc(N)cc2cc(C#N)cnc12. The lowest BCUT2D eigenvalue weighted by atomic mass is 10.1. The van der Waals surface area contributed by atoms with Crippen LogP contribution in [-0.4, -0.2) is 12.1 Å². The van der Waals surface area contributed by atoms with E-state index >= 15 is 0 Å². The Bertz CT molecular complexity index is 557. The molecular formula is C11H9N3O. The summed E-state index contributed by atoms with van der Waals surface area (Å²) in [6.45, 7) is 0. The quantitative estimate of drug-likeness (QED) is 0.709. The van der Waals surface area contributed by atoms with Crippen molar-refractivity contribution >= 4 is 16.6 Å². The van der Waals surface area contributed by atoms with Gasteiger partial charge in [-0.05, 0) is 12.1 Å². The summed E-state index contributed by atoms with van der Waals surface area (Å²) in [5.41, 5.74) is 7.52. The van der Waals surface area contributed by atoms with Gasteiger partial charge in [0, 0.05) is 23.3 Å². The number of anilines is 1. The van der Waals surface area contributed by atoms with Crippen molar-refractivity contribution in [1.29, 1.82) is 5.26 Å². The maximum Gasteiger partial charge on any atom is 0.147 e. The zero-order valence-electron chi connectivity index (χ0n) is 8.19. The maximum atomic E-state index is 8.74. The summed E-state index contributed by atoms with van der Waals surface area (Å²) in [4.78, 5) is 4.16. The van der Waals surface area contributed by atoms with E-state index < -0.39 is 0 Å². The number of hydrogen-bond donors (Lipinski definition) is 1. The fourth-order valence-corrected chi connectivity index (χ4v) is 1.46. The number of fused-ring (bicyclic) bond motifs is 1. The largest absolute Gasteiger partial charge is 0.494 e. The summed E-state index contributed by atoms with van der Waals surface area (Å²) >= 11 is 0. The second-order valence-corrected chi connectivity index (χ2v) is 3.13. The fraction of sp³-hybridized carbons (Fsp3) is 0.0909. The number of pyridine rings is 1. The Morgan fingerprint density at radius 3 is 2.87 bits per heavy atom. The number of nitriles is 1. The van der Waals surface area contributed by atoms with Crippen molar-refractivity contribution in [1.82, 2.24) is 4.98 Å². The van der Waals surface area contributed by atoms with Crippen molar-refractivity contribution in [2.45, 2.75) is 0 Å². The summed E-state index contributed by atoms with van der Waals surface area (Å²) in [5.74, 6) is 0.620. The second kappa shape index (κ2) is 3.46. The van der Waals surface area contributed by atoms with Crippen molar-refractivity contribution < 1.29 is 4.74 Å². The molecule has 0 radical (unpaired) electrons. The number of ether oxygens (including phenoxy) is 1. The molecule has 1 heterocycles. The van der Waals surface area contributed by atoms with Crippen molar-refractivity contribution in [3.8, 4) is 11.8 Å². The molecule has 2 rings (SSSR count). The molecule has 2 N–H and O–H groups in total. The van der Waals surface area contributed by atoms with Crippen LogP contribution in [0.1, 0.15) is 5.56 Å². The first-order valence-electron chi connectivity index (χ1n) is 4.38. The first kappa shape index (κ1) is 9.28. The first-order valence-corrected chi connectivity index (χ1v) is 4.38. The summed E-state index contributed by atoms with van der Waals surface area (Å²) in [5, 5.41) is 9.55. The highest BCUT2D eigenvalue weighted by atomic mass is 16.5. The number of rotatable bonds is 1. The van der Waals surface area contributed by atoms with Gasteiger partial charge in [-0.1, -0.05) is 0 Å². The highest BCUT2D eigenvalue weighted by Gasteiger charge is 2.05. The molecule has 0 aliphatic rings. The third kappa shape index (κ3) is 1.55. The Morgan fingerprint density at radius 1 is 1.40 bits per heavy atom. The summed E-state index contributed by atoms with van der Waals surface area (Å²) < 4.78 is 5.16. The normalized spacial score (nSPS) is 9.87. The van der Waals surface area contributed by atoms with Gasteiger partial charge < -0.3 is 10.5 Å². The molecule has 0 saturated carbocycles. The van der Waals surface area contributed by atoms with Gasteiger partial charge in [0.15, 0.2) is 0 Å². The van der Waals surface area contributed by atoms with Crippen LogP contribution < -0.4 is 10.5 Å². The van der Waals surface area contributed by atoms with Crippen LogP contribution in [0.15, 0.2) is 24.4 Å². The minimum absolute atomic E-state index is 0.509. The van der Waals surface area contributed by atoms with E-state index in [0.29, 0.717) is 22.5 Å². The molecule has 4 heteroatoms. The van der Waals surface area contributed by atoms with Gasteiger partial charge in [0.25, 0.3) is 0 Å². The minimum Gasteiger partial charge on any atom is -0.494 e. The lowest BCUT2D eigenvalue weighted by Gasteiger charge is -2.05. The molecule has 74 valence electrons. The van der Waals surface area contributed by atoms with Crippen molar-refractivity contribution in [3.63, 3.8) is 0 Å². The number of methoxy groups -OCH3 is 1. The highest BCUT2D eigenvalue weighted by Crippen LogP contribution is 2.27. The lowest BCUT2D eigenvalue weighted by Crippen LogP contribution is -1.92. The molecule has 0 saturated heterocycles. The molecule has 0 aliphatic carbocycles. The van der Waals surface area contributed by atoms with Crippen LogP contribution >= 0.6 is 0 Å². The predicted molar refractivity (Wildman–Crippen MR) is 57.4 cm³/mol. The molecule has 1 aromatic heterocycles. The van der Waals surface area contributed by atoms with E-state index in [1.54, 1.807) is 25.3 Å². The van der Waals surface area contributed by atoms with E-state index in [1.165, 1.54) is 6.20 Å². The number of nitrogens with zero attached hydrogens (tertiary/aromatic N) is 2. The van der Waals surface area contributed by atoms with Crippen LogP contribution in [-0.2, 0) is 0 Å². The Kier molecular flexibility index (Phi) is 2.14. The van der Waals surface area contributed by atoms with Crippen LogP contribution in [0.2, 0.25) is 0 Å². The molecular weight excluding hydrogens is 190 g/mol. The van der Waals surface area contributed by atoms with Gasteiger partial charge in [0.2, 0.25) is 0 Å². The Balaban J connectivity index is 2.79. The van der Waals surface area contributed by atoms with Gasteiger partial charge in [-0.2, -0.15) is 5.26 Å². The third-order valence-electron chi connectivity index (χ3n) is 2.12. The van der Waals surface area contributed by atoms with E-state index in [4.69, 9.17) is 15.7 Å². The Morgan fingerprint density at radius 2 is 2.20 bits per heavy atom. The second-order valence-electron chi connectivity index (χ2n) is 3.13. The van der Waals surface area contributed by atoms with E-state index in [1.807, 2.05) is 6.07 Å². The first-order chi connectivity index (χ1) is 7.24. The topological polar surface area (TPSA) is 71.9 Å². The fourth-order valence-electron chi connectivity index (χ4n) is 1.46. The molecule has 0 fully saturated rings. The summed E-state index contributed by atoms with van der Waals surface area (Å²) in [6.07, 6.45) is 1.51. The van der Waals surface area contributed by atoms with E-state index in [0.717, 1.165) is 5.39 Å². The average molecular weight is 199 g/mol. The van der Waals surface area contributed by atoms with Gasteiger partial charge in [0.05, 0.1) is 12.7 Å². The zero-order valence-corrected chi connectivity index (χ0v) is 8.19. The molecule has 15 heavy (non-hydrogen) atoms. The monoisotopic (exact) mass is 199 g/mol. The van der Waals surface area contributed by atoms with Gasteiger partial charge in [-0.3, -0.25) is 4.98 Å². The molecule has 0 spiro atoms. The summed E-state index contributed by atoms with van der Waals surface area (Å²) in [7, 11) is 1.56. The Hall–Kier alpha value is -2.28. The molecule has 0 unspecified atom stereocenters. The van der Waals surface area contributed by atoms with Gasteiger partial charge >= 0.3 is 0 Å². The molecule has 0 amide bonds. The minimum atomic E-state index is 0.509. The van der Waals surface area contributed by atoms with Crippen molar-refractivity contribution in [2.24, 2.45) is 0 Å².